The first-order valence-corrected chi connectivity index (χ1v) is 11.7. The van der Waals surface area contributed by atoms with E-state index in [0.29, 0.717) is 29.5 Å². The van der Waals surface area contributed by atoms with E-state index < -0.39 is 0 Å². The van der Waals surface area contributed by atoms with Gasteiger partial charge < -0.3 is 10.6 Å². The molecule has 4 rings (SSSR count). The molecule has 1 saturated carbocycles. The van der Waals surface area contributed by atoms with Gasteiger partial charge in [-0.15, -0.1) is 0 Å². The summed E-state index contributed by atoms with van der Waals surface area (Å²) < 4.78 is 14.0. The minimum atomic E-state index is -0.308. The second kappa shape index (κ2) is 9.83. The van der Waals surface area contributed by atoms with Crippen molar-refractivity contribution < 1.29 is 14.0 Å². The van der Waals surface area contributed by atoms with E-state index in [1.807, 2.05) is 0 Å². The number of anilines is 1. The van der Waals surface area contributed by atoms with Crippen molar-refractivity contribution in [1.29, 1.82) is 0 Å². The highest BCUT2D eigenvalue weighted by molar-refractivity contribution is 7.22. The molecule has 0 unspecified atom stereocenters. The van der Waals surface area contributed by atoms with E-state index in [-0.39, 0.29) is 23.7 Å². The average molecular weight is 433 g/mol. The SMILES string of the molecule is O=C(CN1CCC(NC(=O)CC2CCCCC2)CC1)Nc1nc2ccc(F)cc2s1. The molecule has 2 aromatic rings. The van der Waals surface area contributed by atoms with Crippen LogP contribution in [0.4, 0.5) is 9.52 Å². The molecule has 0 radical (unpaired) electrons. The summed E-state index contributed by atoms with van der Waals surface area (Å²) in [6.07, 6.45) is 8.58. The van der Waals surface area contributed by atoms with Crippen molar-refractivity contribution in [1.82, 2.24) is 15.2 Å². The lowest BCUT2D eigenvalue weighted by Gasteiger charge is -2.32. The lowest BCUT2D eigenvalue weighted by Crippen LogP contribution is -2.46. The minimum Gasteiger partial charge on any atom is -0.353 e. The van der Waals surface area contributed by atoms with Crippen LogP contribution in [0.1, 0.15) is 51.4 Å². The Kier molecular flexibility index (Phi) is 6.94. The van der Waals surface area contributed by atoms with Crippen LogP contribution in [0.5, 0.6) is 0 Å². The second-order valence-corrected chi connectivity index (χ2v) is 9.54. The Morgan fingerprint density at radius 3 is 2.63 bits per heavy atom. The highest BCUT2D eigenvalue weighted by Gasteiger charge is 2.24. The largest absolute Gasteiger partial charge is 0.353 e. The lowest BCUT2D eigenvalue weighted by molar-refractivity contribution is -0.123. The van der Waals surface area contributed by atoms with Crippen LogP contribution in [0, 0.1) is 11.7 Å². The van der Waals surface area contributed by atoms with E-state index in [1.165, 1.54) is 55.6 Å². The molecule has 1 aliphatic carbocycles. The molecule has 1 aromatic carbocycles. The third-order valence-electron chi connectivity index (χ3n) is 6.12. The average Bonchev–Trinajstić information content (AvgIpc) is 3.11. The topological polar surface area (TPSA) is 74.3 Å². The maximum atomic E-state index is 13.3. The Labute approximate surface area is 180 Å². The fourth-order valence-corrected chi connectivity index (χ4v) is 5.40. The van der Waals surface area contributed by atoms with E-state index >= 15 is 0 Å². The summed E-state index contributed by atoms with van der Waals surface area (Å²) in [6.45, 7) is 1.87. The summed E-state index contributed by atoms with van der Waals surface area (Å²) >= 11 is 1.27. The Bertz CT molecular complexity index is 888. The molecule has 2 heterocycles. The number of nitrogens with zero attached hydrogens (tertiary/aromatic N) is 2. The number of hydrogen-bond acceptors (Lipinski definition) is 5. The van der Waals surface area contributed by atoms with Gasteiger partial charge in [0.1, 0.15) is 5.82 Å². The lowest BCUT2D eigenvalue weighted by atomic mass is 9.86. The third-order valence-corrected chi connectivity index (χ3v) is 7.05. The van der Waals surface area contributed by atoms with Crippen LogP contribution in [0.15, 0.2) is 18.2 Å². The molecule has 0 atom stereocenters. The second-order valence-electron chi connectivity index (χ2n) is 8.51. The molecule has 8 heteroatoms. The molecule has 1 aromatic heterocycles. The number of aromatic nitrogens is 1. The summed E-state index contributed by atoms with van der Waals surface area (Å²) in [4.78, 5) is 31.1. The number of likely N-dealkylation sites (tertiary alicyclic amines) is 1. The summed E-state index contributed by atoms with van der Waals surface area (Å²) in [6, 6.07) is 4.62. The van der Waals surface area contributed by atoms with Gasteiger partial charge in [-0.1, -0.05) is 30.6 Å². The van der Waals surface area contributed by atoms with Crippen molar-refractivity contribution in [3.05, 3.63) is 24.0 Å². The van der Waals surface area contributed by atoms with Crippen molar-refractivity contribution >= 4 is 38.5 Å². The maximum absolute atomic E-state index is 13.3. The highest BCUT2D eigenvalue weighted by atomic mass is 32.1. The number of carbonyl (C=O) groups excluding carboxylic acids is 2. The van der Waals surface area contributed by atoms with Crippen molar-refractivity contribution in [3.8, 4) is 0 Å². The maximum Gasteiger partial charge on any atom is 0.240 e. The standard InChI is InChI=1S/C22H29FN4O2S/c23-16-6-7-18-19(13-16)30-22(25-18)26-21(29)14-27-10-8-17(9-11-27)24-20(28)12-15-4-2-1-3-5-15/h6-7,13,15,17H,1-5,8-12,14H2,(H,24,28)(H,25,26,29). The van der Waals surface area contributed by atoms with Gasteiger partial charge in [-0.3, -0.25) is 14.5 Å². The van der Waals surface area contributed by atoms with E-state index in [1.54, 1.807) is 6.07 Å². The molecule has 162 valence electrons. The number of nitrogens with one attached hydrogen (secondary N) is 2. The molecule has 1 aliphatic heterocycles. The smallest absolute Gasteiger partial charge is 0.240 e. The van der Waals surface area contributed by atoms with Crippen molar-refractivity contribution in [2.45, 2.75) is 57.4 Å². The van der Waals surface area contributed by atoms with Crippen molar-refractivity contribution in [3.63, 3.8) is 0 Å². The molecule has 2 fully saturated rings. The van der Waals surface area contributed by atoms with Gasteiger partial charge in [0.25, 0.3) is 0 Å². The minimum absolute atomic E-state index is 0.116. The Hall–Kier alpha value is -2.06. The number of amides is 2. The number of fused-ring (bicyclic) bond motifs is 1. The number of halogens is 1. The predicted molar refractivity (Wildman–Crippen MR) is 117 cm³/mol. The molecule has 2 aliphatic rings. The molecular formula is C22H29FN4O2S. The van der Waals surface area contributed by atoms with E-state index in [4.69, 9.17) is 0 Å². The number of benzene rings is 1. The fourth-order valence-electron chi connectivity index (χ4n) is 4.49. The van der Waals surface area contributed by atoms with Crippen LogP contribution in [0.25, 0.3) is 10.2 Å². The van der Waals surface area contributed by atoms with Crippen LogP contribution < -0.4 is 10.6 Å². The van der Waals surface area contributed by atoms with Gasteiger partial charge in [0.2, 0.25) is 11.8 Å². The summed E-state index contributed by atoms with van der Waals surface area (Å²) in [5.41, 5.74) is 0.682. The summed E-state index contributed by atoms with van der Waals surface area (Å²) in [5, 5.41) is 6.51. The van der Waals surface area contributed by atoms with Gasteiger partial charge in [-0.05, 0) is 49.8 Å². The number of rotatable bonds is 6. The predicted octanol–water partition coefficient (Wildman–Crippen LogP) is 3.92. The number of piperidine rings is 1. The first-order chi connectivity index (χ1) is 14.5. The van der Waals surface area contributed by atoms with Gasteiger partial charge in [0.15, 0.2) is 5.13 Å². The summed E-state index contributed by atoms with van der Waals surface area (Å²) in [5.74, 6) is 0.318. The van der Waals surface area contributed by atoms with Crippen LogP contribution in [0.3, 0.4) is 0 Å². The van der Waals surface area contributed by atoms with Crippen LogP contribution in [0.2, 0.25) is 0 Å². The highest BCUT2D eigenvalue weighted by Crippen LogP contribution is 2.27. The molecule has 6 nitrogen and oxygen atoms in total. The van der Waals surface area contributed by atoms with Gasteiger partial charge in [-0.25, -0.2) is 9.37 Å². The van der Waals surface area contributed by atoms with E-state index in [2.05, 4.69) is 20.5 Å². The van der Waals surface area contributed by atoms with E-state index in [9.17, 15) is 14.0 Å². The van der Waals surface area contributed by atoms with Crippen LogP contribution in [-0.2, 0) is 9.59 Å². The van der Waals surface area contributed by atoms with Crippen molar-refractivity contribution in [2.75, 3.05) is 25.0 Å². The molecule has 1 saturated heterocycles. The fraction of sp³-hybridized carbons (Fsp3) is 0.591. The third kappa shape index (κ3) is 5.76. The Balaban J connectivity index is 1.18. The van der Waals surface area contributed by atoms with E-state index in [0.717, 1.165) is 30.6 Å². The summed E-state index contributed by atoms with van der Waals surface area (Å²) in [7, 11) is 0. The monoisotopic (exact) mass is 432 g/mol. The molecule has 2 N–H and O–H groups in total. The van der Waals surface area contributed by atoms with Gasteiger partial charge in [0, 0.05) is 25.6 Å². The van der Waals surface area contributed by atoms with Crippen molar-refractivity contribution in [2.24, 2.45) is 5.92 Å². The molecule has 0 spiro atoms. The first-order valence-electron chi connectivity index (χ1n) is 10.9. The normalized spacial score (nSPS) is 19.1. The zero-order chi connectivity index (χ0) is 20.9. The van der Waals surface area contributed by atoms with Gasteiger partial charge in [0.05, 0.1) is 16.8 Å². The van der Waals surface area contributed by atoms with Gasteiger partial charge in [-0.2, -0.15) is 0 Å². The Morgan fingerprint density at radius 2 is 1.87 bits per heavy atom. The molecule has 0 bridgehead atoms. The molecular weight excluding hydrogens is 403 g/mol. The molecule has 2 amide bonds. The van der Waals surface area contributed by atoms with Crippen LogP contribution >= 0.6 is 11.3 Å². The van der Waals surface area contributed by atoms with Gasteiger partial charge >= 0.3 is 0 Å². The quantitative estimate of drug-likeness (QED) is 0.726. The zero-order valence-corrected chi connectivity index (χ0v) is 18.0. The number of hydrogen-bond donors (Lipinski definition) is 2. The number of thiazole rings is 1. The number of carbonyl (C=O) groups is 2. The Morgan fingerprint density at radius 1 is 1.10 bits per heavy atom. The zero-order valence-electron chi connectivity index (χ0n) is 17.2. The molecule has 30 heavy (non-hydrogen) atoms. The van der Waals surface area contributed by atoms with Crippen LogP contribution in [-0.4, -0.2) is 47.4 Å². The first kappa shape index (κ1) is 21.2.